The Morgan fingerprint density at radius 2 is 1.83 bits per heavy atom. The highest BCUT2D eigenvalue weighted by molar-refractivity contribution is 5.91. The number of nitrogens with zero attached hydrogens (tertiary/aromatic N) is 2. The summed E-state index contributed by atoms with van der Waals surface area (Å²) in [5.74, 6) is 0.835. The fourth-order valence-corrected chi connectivity index (χ4v) is 2.52. The number of piperazine rings is 1. The minimum absolute atomic E-state index is 0.00322. The molecule has 1 aromatic carbocycles. The summed E-state index contributed by atoms with van der Waals surface area (Å²) in [7, 11) is 1.63. The zero-order chi connectivity index (χ0) is 17.4. The van der Waals surface area contributed by atoms with E-state index in [1.165, 1.54) is 0 Å². The zero-order valence-electron chi connectivity index (χ0n) is 14.3. The van der Waals surface area contributed by atoms with Crippen molar-refractivity contribution in [3.05, 3.63) is 35.9 Å². The third-order valence-electron chi connectivity index (χ3n) is 3.94. The highest BCUT2D eigenvalue weighted by Gasteiger charge is 2.20. The van der Waals surface area contributed by atoms with Crippen LogP contribution in [0.25, 0.3) is 6.08 Å². The number of amides is 2. The van der Waals surface area contributed by atoms with Gasteiger partial charge in [0.25, 0.3) is 0 Å². The van der Waals surface area contributed by atoms with E-state index in [0.29, 0.717) is 26.2 Å². The van der Waals surface area contributed by atoms with E-state index in [2.05, 4.69) is 10.2 Å². The predicted octanol–water partition coefficient (Wildman–Crippen LogP) is 0.989. The third-order valence-corrected chi connectivity index (χ3v) is 3.94. The molecule has 0 bridgehead atoms. The van der Waals surface area contributed by atoms with Gasteiger partial charge < -0.3 is 15.0 Å². The van der Waals surface area contributed by atoms with Crippen LogP contribution in [0.4, 0.5) is 0 Å². The lowest BCUT2D eigenvalue weighted by atomic mass is 10.2. The smallest absolute Gasteiger partial charge is 0.246 e. The average Bonchev–Trinajstić information content (AvgIpc) is 2.61. The van der Waals surface area contributed by atoms with Gasteiger partial charge in [0.2, 0.25) is 11.8 Å². The molecule has 6 heteroatoms. The van der Waals surface area contributed by atoms with Crippen LogP contribution in [0.2, 0.25) is 0 Å². The van der Waals surface area contributed by atoms with Gasteiger partial charge in [0, 0.05) is 39.3 Å². The molecule has 0 spiro atoms. The molecule has 1 aromatic rings. The van der Waals surface area contributed by atoms with Gasteiger partial charge in [-0.25, -0.2) is 0 Å². The lowest BCUT2D eigenvalue weighted by Gasteiger charge is -2.33. The maximum Gasteiger partial charge on any atom is 0.246 e. The monoisotopic (exact) mass is 331 g/mol. The summed E-state index contributed by atoms with van der Waals surface area (Å²) in [4.78, 5) is 27.5. The predicted molar refractivity (Wildman–Crippen MR) is 93.7 cm³/mol. The molecular formula is C18H25N3O3. The molecule has 1 fully saturated rings. The number of carbonyl (C=O) groups excluding carboxylic acids is 2. The Balaban J connectivity index is 1.81. The van der Waals surface area contributed by atoms with Gasteiger partial charge in [-0.1, -0.05) is 12.1 Å². The van der Waals surface area contributed by atoms with Gasteiger partial charge in [0.1, 0.15) is 5.75 Å². The first-order valence-electron chi connectivity index (χ1n) is 8.25. The Hall–Kier alpha value is -2.34. The zero-order valence-corrected chi connectivity index (χ0v) is 14.3. The second-order valence-electron chi connectivity index (χ2n) is 5.61. The molecule has 1 saturated heterocycles. The van der Waals surface area contributed by atoms with E-state index in [0.717, 1.165) is 24.4 Å². The van der Waals surface area contributed by atoms with Crippen molar-refractivity contribution in [2.24, 2.45) is 0 Å². The molecule has 0 radical (unpaired) electrons. The van der Waals surface area contributed by atoms with Crippen molar-refractivity contribution in [2.75, 3.05) is 46.4 Å². The molecule has 24 heavy (non-hydrogen) atoms. The normalized spacial score (nSPS) is 15.5. The van der Waals surface area contributed by atoms with Crippen molar-refractivity contribution < 1.29 is 14.3 Å². The number of carbonyl (C=O) groups is 2. The molecule has 1 N–H and O–H groups in total. The number of rotatable bonds is 6. The van der Waals surface area contributed by atoms with Crippen molar-refractivity contribution in [1.82, 2.24) is 15.1 Å². The van der Waals surface area contributed by atoms with Crippen LogP contribution in [0.3, 0.4) is 0 Å². The van der Waals surface area contributed by atoms with Crippen molar-refractivity contribution in [1.29, 1.82) is 0 Å². The summed E-state index contributed by atoms with van der Waals surface area (Å²) in [5.41, 5.74) is 0.963. The van der Waals surface area contributed by atoms with E-state index >= 15 is 0 Å². The molecule has 1 heterocycles. The van der Waals surface area contributed by atoms with Gasteiger partial charge >= 0.3 is 0 Å². The first kappa shape index (κ1) is 18.0. The van der Waals surface area contributed by atoms with Crippen molar-refractivity contribution in [2.45, 2.75) is 6.92 Å². The Bertz CT molecular complexity index is 576. The average molecular weight is 331 g/mol. The van der Waals surface area contributed by atoms with Crippen LogP contribution in [0.1, 0.15) is 12.5 Å². The number of ether oxygens (including phenoxy) is 1. The summed E-state index contributed by atoms with van der Waals surface area (Å²) < 4.78 is 5.39. The number of benzene rings is 1. The molecule has 2 amide bonds. The largest absolute Gasteiger partial charge is 0.494 e. The third kappa shape index (κ3) is 5.38. The van der Waals surface area contributed by atoms with Gasteiger partial charge in [-0.15, -0.1) is 0 Å². The molecule has 1 aliphatic heterocycles. The minimum Gasteiger partial charge on any atom is -0.494 e. The second kappa shape index (κ2) is 9.08. The first-order valence-corrected chi connectivity index (χ1v) is 8.25. The number of nitrogens with one attached hydrogen (secondary N) is 1. The van der Waals surface area contributed by atoms with Gasteiger partial charge in [-0.2, -0.15) is 0 Å². The van der Waals surface area contributed by atoms with Gasteiger partial charge in [0.05, 0.1) is 13.2 Å². The molecule has 1 aliphatic rings. The number of likely N-dealkylation sites (N-methyl/N-ethyl adjacent to an activating group) is 1. The second-order valence-corrected chi connectivity index (χ2v) is 5.61. The van der Waals surface area contributed by atoms with Crippen LogP contribution in [0.5, 0.6) is 5.75 Å². The first-order chi connectivity index (χ1) is 11.6. The van der Waals surface area contributed by atoms with Crippen LogP contribution < -0.4 is 10.1 Å². The SMILES string of the molecule is CCOc1ccc(/C=C/C(=O)N2CCN(CC(=O)NC)CC2)cc1. The van der Waals surface area contributed by atoms with Gasteiger partial charge in [-0.3, -0.25) is 14.5 Å². The number of hydrogen-bond donors (Lipinski definition) is 1. The summed E-state index contributed by atoms with van der Waals surface area (Å²) >= 11 is 0. The molecule has 0 saturated carbocycles. The van der Waals surface area contributed by atoms with Crippen LogP contribution in [-0.4, -0.2) is 68.0 Å². The highest BCUT2D eigenvalue weighted by Crippen LogP contribution is 2.13. The Labute approximate surface area is 143 Å². The van der Waals surface area contributed by atoms with E-state index in [1.807, 2.05) is 42.2 Å². The van der Waals surface area contributed by atoms with Crippen molar-refractivity contribution in [3.63, 3.8) is 0 Å². The maximum atomic E-state index is 12.2. The summed E-state index contributed by atoms with van der Waals surface area (Å²) in [6.45, 7) is 5.69. The van der Waals surface area contributed by atoms with E-state index < -0.39 is 0 Å². The Morgan fingerprint density at radius 1 is 1.17 bits per heavy atom. The molecule has 0 atom stereocenters. The van der Waals surface area contributed by atoms with Gasteiger partial charge in [-0.05, 0) is 30.7 Å². The molecule has 2 rings (SSSR count). The molecule has 0 aromatic heterocycles. The Morgan fingerprint density at radius 3 is 2.42 bits per heavy atom. The van der Waals surface area contributed by atoms with E-state index in [-0.39, 0.29) is 11.8 Å². The molecule has 0 aliphatic carbocycles. The van der Waals surface area contributed by atoms with Crippen molar-refractivity contribution in [3.8, 4) is 5.75 Å². The highest BCUT2D eigenvalue weighted by atomic mass is 16.5. The van der Waals surface area contributed by atoms with Crippen LogP contribution in [-0.2, 0) is 9.59 Å². The topological polar surface area (TPSA) is 61.9 Å². The summed E-state index contributed by atoms with van der Waals surface area (Å²) in [6.07, 6.45) is 3.42. The lowest BCUT2D eigenvalue weighted by molar-refractivity contribution is -0.128. The molecular weight excluding hydrogens is 306 g/mol. The van der Waals surface area contributed by atoms with Gasteiger partial charge in [0.15, 0.2) is 0 Å². The minimum atomic E-state index is 0.00322. The number of hydrogen-bond acceptors (Lipinski definition) is 4. The maximum absolute atomic E-state index is 12.2. The molecule has 6 nitrogen and oxygen atoms in total. The molecule has 0 unspecified atom stereocenters. The Kier molecular flexibility index (Phi) is 6.81. The molecule has 130 valence electrons. The van der Waals surface area contributed by atoms with Crippen LogP contribution in [0, 0.1) is 0 Å². The van der Waals surface area contributed by atoms with Crippen molar-refractivity contribution >= 4 is 17.9 Å². The fourth-order valence-electron chi connectivity index (χ4n) is 2.52. The summed E-state index contributed by atoms with van der Waals surface area (Å²) in [6, 6.07) is 7.64. The standard InChI is InChI=1S/C18H25N3O3/c1-3-24-16-7-4-15(5-8-16)6-9-18(23)21-12-10-20(11-13-21)14-17(22)19-2/h4-9H,3,10-14H2,1-2H3,(H,19,22)/b9-6+. The quantitative estimate of drug-likeness (QED) is 0.790. The summed E-state index contributed by atoms with van der Waals surface area (Å²) in [5, 5.41) is 2.62. The van der Waals surface area contributed by atoms with Crippen LogP contribution in [0.15, 0.2) is 30.3 Å². The lowest BCUT2D eigenvalue weighted by Crippen LogP contribution is -2.50. The fraction of sp³-hybridized carbons (Fsp3) is 0.444. The van der Waals surface area contributed by atoms with E-state index in [1.54, 1.807) is 13.1 Å². The van der Waals surface area contributed by atoms with E-state index in [9.17, 15) is 9.59 Å². The van der Waals surface area contributed by atoms with Crippen LogP contribution >= 0.6 is 0 Å². The van der Waals surface area contributed by atoms with E-state index in [4.69, 9.17) is 4.74 Å².